The Morgan fingerprint density at radius 1 is 0.950 bits per heavy atom. The number of amides is 2. The third-order valence-corrected chi connectivity index (χ3v) is 2.33. The van der Waals surface area contributed by atoms with Gasteiger partial charge in [-0.1, -0.05) is 0 Å². The second-order valence-electron chi connectivity index (χ2n) is 3.57. The molecular weight excluding hydrogens is 268 g/mol. The van der Waals surface area contributed by atoms with Crippen molar-refractivity contribution >= 4 is 30.0 Å². The average Bonchev–Trinajstić information content (AvgIpc) is 2.50. The lowest BCUT2D eigenvalue weighted by atomic mass is 10.7. The van der Waals surface area contributed by atoms with Crippen LogP contribution in [0.25, 0.3) is 0 Å². The molecule has 0 atom stereocenters. The Kier molecular flexibility index (Phi) is 5.01. The zero-order valence-corrected chi connectivity index (χ0v) is 11.9. The highest BCUT2D eigenvalue weighted by Crippen LogP contribution is 2.15. The van der Waals surface area contributed by atoms with Crippen molar-refractivity contribution in [3.8, 4) is 0 Å². The molecule has 10 nitrogen and oxygen atoms in total. The number of nitrogens with one attached hydrogen (secondary N) is 1. The Morgan fingerprint density at radius 2 is 1.35 bits per heavy atom. The Hall–Kier alpha value is -2.65. The van der Waals surface area contributed by atoms with Gasteiger partial charge in [0, 0.05) is 21.1 Å². The smallest absolute Gasteiger partial charge is 0.416 e. The Labute approximate surface area is 115 Å². The molecule has 0 aliphatic rings. The van der Waals surface area contributed by atoms with Crippen molar-refractivity contribution in [3.63, 3.8) is 0 Å². The summed E-state index contributed by atoms with van der Waals surface area (Å²) in [5.41, 5.74) is 0. The van der Waals surface area contributed by atoms with Gasteiger partial charge in [-0.3, -0.25) is 0 Å². The van der Waals surface area contributed by atoms with Crippen LogP contribution in [-0.2, 0) is 9.47 Å². The summed E-state index contributed by atoms with van der Waals surface area (Å²) in [5.74, 6) is 0.250. The van der Waals surface area contributed by atoms with E-state index in [4.69, 9.17) is 0 Å². The minimum Gasteiger partial charge on any atom is -0.452 e. The molecule has 0 unspecified atom stereocenters. The zero-order chi connectivity index (χ0) is 15.3. The fourth-order valence-electron chi connectivity index (χ4n) is 1.20. The second kappa shape index (κ2) is 6.50. The van der Waals surface area contributed by atoms with Crippen molar-refractivity contribution in [2.24, 2.45) is 0 Å². The van der Waals surface area contributed by atoms with Crippen LogP contribution in [-0.4, -0.2) is 62.5 Å². The molecule has 2 amide bonds. The van der Waals surface area contributed by atoms with E-state index < -0.39 is 12.2 Å². The Balaban J connectivity index is 3.21. The van der Waals surface area contributed by atoms with Crippen molar-refractivity contribution in [1.82, 2.24) is 15.0 Å². The number of carbonyl (C=O) groups excluding carboxylic acids is 2. The molecule has 0 aliphatic heterocycles. The number of hydrogen-bond donors (Lipinski definition) is 1. The van der Waals surface area contributed by atoms with E-state index in [-0.39, 0.29) is 17.8 Å². The van der Waals surface area contributed by atoms with Crippen LogP contribution in [0, 0.1) is 0 Å². The molecule has 110 valence electrons. The van der Waals surface area contributed by atoms with E-state index in [0.717, 1.165) is 9.80 Å². The van der Waals surface area contributed by atoms with Gasteiger partial charge >= 0.3 is 12.2 Å². The molecule has 0 spiro atoms. The van der Waals surface area contributed by atoms with Crippen LogP contribution in [0.4, 0.5) is 27.4 Å². The fourth-order valence-corrected chi connectivity index (χ4v) is 1.20. The van der Waals surface area contributed by atoms with E-state index in [1.165, 1.54) is 28.3 Å². The van der Waals surface area contributed by atoms with Crippen LogP contribution in [0.2, 0.25) is 0 Å². The summed E-state index contributed by atoms with van der Waals surface area (Å²) in [6.07, 6.45) is -1.30. The molecule has 1 aromatic heterocycles. The summed E-state index contributed by atoms with van der Waals surface area (Å²) >= 11 is 0. The van der Waals surface area contributed by atoms with E-state index in [1.807, 2.05) is 0 Å². The molecular formula is C10H16N6O4. The Bertz CT molecular complexity index is 468. The molecule has 0 bridgehead atoms. The molecule has 0 radical (unpaired) electrons. The third-order valence-electron chi connectivity index (χ3n) is 2.33. The number of anilines is 3. The van der Waals surface area contributed by atoms with Gasteiger partial charge in [0.05, 0.1) is 14.2 Å². The molecule has 0 fully saturated rings. The number of carbonyl (C=O) groups is 2. The standard InChI is InChI=1S/C10H16N6O4/c1-11-6-12-7(15(2)9(17)19-4)14-8(13-6)16(3)10(18)20-5/h1-5H3,(H,11,12,13,14). The summed E-state index contributed by atoms with van der Waals surface area (Å²) < 4.78 is 9.14. The topological polar surface area (TPSA) is 110 Å². The maximum absolute atomic E-state index is 11.5. The quantitative estimate of drug-likeness (QED) is 0.844. The third kappa shape index (κ3) is 3.22. The molecule has 0 saturated heterocycles. The van der Waals surface area contributed by atoms with Gasteiger partial charge in [0.1, 0.15) is 0 Å². The number of aromatic nitrogens is 3. The summed E-state index contributed by atoms with van der Waals surface area (Å²) in [6.45, 7) is 0. The van der Waals surface area contributed by atoms with E-state index in [0.29, 0.717) is 0 Å². The molecule has 20 heavy (non-hydrogen) atoms. The first-order valence-corrected chi connectivity index (χ1v) is 5.51. The average molecular weight is 284 g/mol. The number of ether oxygens (including phenoxy) is 2. The molecule has 1 rings (SSSR count). The van der Waals surface area contributed by atoms with E-state index in [9.17, 15) is 9.59 Å². The maximum atomic E-state index is 11.5. The van der Waals surface area contributed by atoms with Crippen LogP contribution in [0.5, 0.6) is 0 Å². The lowest BCUT2D eigenvalue weighted by molar-refractivity contribution is 0.179. The second-order valence-corrected chi connectivity index (χ2v) is 3.57. The van der Waals surface area contributed by atoms with E-state index in [1.54, 1.807) is 7.05 Å². The van der Waals surface area contributed by atoms with Crippen molar-refractivity contribution in [2.75, 3.05) is 50.5 Å². The van der Waals surface area contributed by atoms with Gasteiger partial charge in [0.2, 0.25) is 17.8 Å². The minimum atomic E-state index is -0.648. The largest absolute Gasteiger partial charge is 0.452 e. The predicted octanol–water partition coefficient (Wildman–Crippen LogP) is 0.318. The highest BCUT2D eigenvalue weighted by atomic mass is 16.5. The SMILES string of the molecule is CNc1nc(N(C)C(=O)OC)nc(N(C)C(=O)OC)n1. The predicted molar refractivity (Wildman–Crippen MR) is 71.0 cm³/mol. The van der Waals surface area contributed by atoms with Crippen molar-refractivity contribution < 1.29 is 19.1 Å². The molecule has 0 saturated carbocycles. The van der Waals surface area contributed by atoms with Crippen LogP contribution in [0.3, 0.4) is 0 Å². The first-order valence-electron chi connectivity index (χ1n) is 5.51. The van der Waals surface area contributed by atoms with Crippen molar-refractivity contribution in [1.29, 1.82) is 0 Å². The molecule has 10 heteroatoms. The van der Waals surface area contributed by atoms with Crippen LogP contribution >= 0.6 is 0 Å². The van der Waals surface area contributed by atoms with E-state index in [2.05, 4.69) is 29.7 Å². The molecule has 0 aliphatic carbocycles. The van der Waals surface area contributed by atoms with Crippen LogP contribution < -0.4 is 15.1 Å². The number of nitrogens with zero attached hydrogens (tertiary/aromatic N) is 5. The zero-order valence-electron chi connectivity index (χ0n) is 11.9. The van der Waals surface area contributed by atoms with E-state index >= 15 is 0 Å². The van der Waals surface area contributed by atoms with Gasteiger partial charge < -0.3 is 14.8 Å². The summed E-state index contributed by atoms with van der Waals surface area (Å²) in [4.78, 5) is 37.1. The fraction of sp³-hybridized carbons (Fsp3) is 0.500. The van der Waals surface area contributed by atoms with Gasteiger partial charge in [0.15, 0.2) is 0 Å². The molecule has 1 aromatic rings. The highest BCUT2D eigenvalue weighted by Gasteiger charge is 2.20. The van der Waals surface area contributed by atoms with Gasteiger partial charge in [-0.25, -0.2) is 19.4 Å². The molecule has 0 aromatic carbocycles. The lowest BCUT2D eigenvalue weighted by Gasteiger charge is -2.18. The molecule has 1 N–H and O–H groups in total. The number of hydrogen-bond acceptors (Lipinski definition) is 8. The molecule has 1 heterocycles. The summed E-state index contributed by atoms with van der Waals surface area (Å²) in [5, 5.41) is 2.71. The minimum absolute atomic E-state index is 0.0296. The highest BCUT2D eigenvalue weighted by molar-refractivity contribution is 5.87. The lowest BCUT2D eigenvalue weighted by Crippen LogP contribution is -2.31. The van der Waals surface area contributed by atoms with Gasteiger partial charge in [-0.15, -0.1) is 0 Å². The first-order chi connectivity index (χ1) is 9.44. The van der Waals surface area contributed by atoms with Crippen LogP contribution in [0.15, 0.2) is 0 Å². The van der Waals surface area contributed by atoms with Crippen molar-refractivity contribution in [3.05, 3.63) is 0 Å². The number of rotatable bonds is 3. The number of methoxy groups -OCH3 is 2. The van der Waals surface area contributed by atoms with Gasteiger partial charge in [-0.05, 0) is 0 Å². The first kappa shape index (κ1) is 15.4. The van der Waals surface area contributed by atoms with Gasteiger partial charge in [-0.2, -0.15) is 15.0 Å². The monoisotopic (exact) mass is 284 g/mol. The summed E-state index contributed by atoms with van der Waals surface area (Å²) in [7, 11) is 6.94. The van der Waals surface area contributed by atoms with Crippen molar-refractivity contribution in [2.45, 2.75) is 0 Å². The summed E-state index contributed by atoms with van der Waals surface area (Å²) in [6, 6.07) is 0. The maximum Gasteiger partial charge on any atom is 0.416 e. The van der Waals surface area contributed by atoms with Gasteiger partial charge in [0.25, 0.3) is 0 Å². The van der Waals surface area contributed by atoms with Crippen LogP contribution in [0.1, 0.15) is 0 Å². The normalized spacial score (nSPS) is 9.65. The Morgan fingerprint density at radius 3 is 1.65 bits per heavy atom.